The summed E-state index contributed by atoms with van der Waals surface area (Å²) >= 11 is 0. The number of nitrogens with one attached hydrogen (secondary N) is 1. The van der Waals surface area contributed by atoms with Crippen LogP contribution in [-0.2, 0) is 4.74 Å². The number of aromatic amines is 1. The van der Waals surface area contributed by atoms with Crippen LogP contribution in [0.4, 0.5) is 4.39 Å². The minimum Gasteiger partial charge on any atom is -0.381 e. The van der Waals surface area contributed by atoms with E-state index in [2.05, 4.69) is 54.6 Å². The predicted octanol–water partition coefficient (Wildman–Crippen LogP) is 5.85. The van der Waals surface area contributed by atoms with Crippen molar-refractivity contribution in [2.75, 3.05) is 13.2 Å². The summed E-state index contributed by atoms with van der Waals surface area (Å²) in [7, 11) is 0. The van der Waals surface area contributed by atoms with Gasteiger partial charge in [-0.2, -0.15) is 5.10 Å². The van der Waals surface area contributed by atoms with Gasteiger partial charge in [0, 0.05) is 71.0 Å². The lowest BCUT2D eigenvalue weighted by Gasteiger charge is -2.26. The Bertz CT molecular complexity index is 1650. The van der Waals surface area contributed by atoms with E-state index in [-0.39, 0.29) is 5.82 Å². The van der Waals surface area contributed by atoms with Crippen molar-refractivity contribution in [2.24, 2.45) is 0 Å². The van der Waals surface area contributed by atoms with Crippen LogP contribution < -0.4 is 0 Å². The molecule has 1 fully saturated rings. The fourth-order valence-corrected chi connectivity index (χ4v) is 5.34. The second-order valence-corrected chi connectivity index (χ2v) is 8.90. The quantitative estimate of drug-likeness (QED) is 0.367. The molecule has 7 rings (SSSR count). The number of hydrogen-bond acceptors (Lipinski definition) is 3. The first-order valence-corrected chi connectivity index (χ1v) is 11.5. The van der Waals surface area contributed by atoms with Gasteiger partial charge in [-0.25, -0.2) is 9.37 Å². The lowest BCUT2D eigenvalue weighted by Crippen LogP contribution is -2.17. The number of fused-ring (bicyclic) bond motifs is 3. The van der Waals surface area contributed by atoms with Crippen molar-refractivity contribution >= 4 is 27.5 Å². The molecule has 34 heavy (non-hydrogen) atoms. The molecule has 2 aromatic carbocycles. The molecule has 0 radical (unpaired) electrons. The van der Waals surface area contributed by atoms with Gasteiger partial charge in [-0.3, -0.25) is 5.10 Å². The third kappa shape index (κ3) is 2.97. The number of ether oxygens (including phenoxy) is 1. The van der Waals surface area contributed by atoms with Crippen molar-refractivity contribution < 1.29 is 9.13 Å². The molecule has 1 N–H and O–H groups in total. The monoisotopic (exact) mass is 451 g/mol. The second kappa shape index (κ2) is 7.53. The average Bonchev–Trinajstić information content (AvgIpc) is 3.60. The van der Waals surface area contributed by atoms with Gasteiger partial charge in [-0.1, -0.05) is 0 Å². The molecule has 6 nitrogen and oxygen atoms in total. The van der Waals surface area contributed by atoms with Crippen LogP contribution in [0.3, 0.4) is 0 Å². The molecule has 0 atom stereocenters. The highest BCUT2D eigenvalue weighted by atomic mass is 19.1. The standard InChI is InChI=1S/C27H22FN5O/c28-20-2-4-21(5-3-20)33-24-13-19-15-30-31-23(19)14-22(24)26(27(33)17-7-11-34-12-8-17)18-1-6-25-29-9-10-32(25)16-18/h1-6,9-10,13-17H,7-8,11-12H2,(H,30,31). The number of nitrogens with zero attached hydrogens (tertiary/aromatic N) is 4. The van der Waals surface area contributed by atoms with E-state index in [1.807, 2.05) is 30.7 Å². The summed E-state index contributed by atoms with van der Waals surface area (Å²) in [5.74, 6) is 0.0759. The number of halogens is 1. The maximum absolute atomic E-state index is 13.9. The maximum Gasteiger partial charge on any atom is 0.136 e. The normalized spacial score (nSPS) is 15.1. The molecular weight excluding hydrogens is 429 g/mol. The topological polar surface area (TPSA) is 60.1 Å². The van der Waals surface area contributed by atoms with Gasteiger partial charge in [0.15, 0.2) is 0 Å². The Hall–Kier alpha value is -3.97. The third-order valence-electron chi connectivity index (χ3n) is 6.93. The summed E-state index contributed by atoms with van der Waals surface area (Å²) in [4.78, 5) is 4.42. The van der Waals surface area contributed by atoms with E-state index in [1.54, 1.807) is 0 Å². The number of hydrogen-bond donors (Lipinski definition) is 1. The third-order valence-corrected chi connectivity index (χ3v) is 6.93. The molecule has 0 saturated carbocycles. The van der Waals surface area contributed by atoms with E-state index in [4.69, 9.17) is 4.74 Å². The molecule has 0 spiro atoms. The van der Waals surface area contributed by atoms with Gasteiger partial charge in [0.1, 0.15) is 11.5 Å². The molecule has 1 saturated heterocycles. The molecule has 1 aliphatic rings. The molecule has 0 amide bonds. The van der Waals surface area contributed by atoms with Crippen LogP contribution in [0.1, 0.15) is 24.5 Å². The Labute approximate surface area is 194 Å². The molecule has 7 heteroatoms. The first-order valence-electron chi connectivity index (χ1n) is 11.5. The van der Waals surface area contributed by atoms with Gasteiger partial charge in [0.25, 0.3) is 0 Å². The summed E-state index contributed by atoms with van der Waals surface area (Å²) < 4.78 is 24.0. The van der Waals surface area contributed by atoms with Gasteiger partial charge in [0.05, 0.1) is 17.2 Å². The van der Waals surface area contributed by atoms with Crippen LogP contribution in [0.5, 0.6) is 0 Å². The van der Waals surface area contributed by atoms with Crippen LogP contribution >= 0.6 is 0 Å². The molecule has 5 heterocycles. The minimum atomic E-state index is -0.240. The number of aromatic nitrogens is 5. The average molecular weight is 452 g/mol. The van der Waals surface area contributed by atoms with E-state index in [1.165, 1.54) is 23.4 Å². The highest BCUT2D eigenvalue weighted by Crippen LogP contribution is 2.44. The van der Waals surface area contributed by atoms with Gasteiger partial charge in [0.2, 0.25) is 0 Å². The molecule has 0 bridgehead atoms. The molecule has 1 aliphatic heterocycles. The fourth-order valence-electron chi connectivity index (χ4n) is 5.34. The summed E-state index contributed by atoms with van der Waals surface area (Å²) in [6, 6.07) is 15.4. The molecule has 4 aromatic heterocycles. The molecule has 0 unspecified atom stereocenters. The maximum atomic E-state index is 13.9. The molecular formula is C27H22FN5O. The van der Waals surface area contributed by atoms with Crippen LogP contribution in [-0.4, -0.2) is 37.4 Å². The largest absolute Gasteiger partial charge is 0.381 e. The second-order valence-electron chi connectivity index (χ2n) is 8.90. The van der Waals surface area contributed by atoms with Crippen LogP contribution in [0.15, 0.2) is 73.3 Å². The number of H-pyrrole nitrogens is 1. The Morgan fingerprint density at radius 1 is 1.03 bits per heavy atom. The van der Waals surface area contributed by atoms with E-state index in [0.717, 1.165) is 64.8 Å². The zero-order valence-electron chi connectivity index (χ0n) is 18.4. The first kappa shape index (κ1) is 19.5. The Balaban J connectivity index is 1.62. The number of pyridine rings is 1. The summed E-state index contributed by atoms with van der Waals surface area (Å²) in [6.07, 6.45) is 9.66. The van der Waals surface area contributed by atoms with Crippen molar-refractivity contribution in [1.29, 1.82) is 0 Å². The Morgan fingerprint density at radius 3 is 2.74 bits per heavy atom. The van der Waals surface area contributed by atoms with E-state index >= 15 is 0 Å². The van der Waals surface area contributed by atoms with Gasteiger partial charge < -0.3 is 13.7 Å². The Morgan fingerprint density at radius 2 is 1.88 bits per heavy atom. The van der Waals surface area contributed by atoms with E-state index < -0.39 is 0 Å². The number of rotatable bonds is 3. The SMILES string of the molecule is Fc1ccc(-n2c(C3CCOCC3)c(-c3ccc4nccn4c3)c3cc4[nH]ncc4cc32)cc1. The van der Waals surface area contributed by atoms with Gasteiger partial charge >= 0.3 is 0 Å². The highest BCUT2D eigenvalue weighted by molar-refractivity contribution is 6.05. The Kier molecular flexibility index (Phi) is 4.32. The minimum absolute atomic E-state index is 0.240. The van der Waals surface area contributed by atoms with Crippen molar-refractivity contribution in [2.45, 2.75) is 18.8 Å². The van der Waals surface area contributed by atoms with Crippen molar-refractivity contribution in [3.63, 3.8) is 0 Å². The summed E-state index contributed by atoms with van der Waals surface area (Å²) in [5.41, 5.74) is 7.50. The van der Waals surface area contributed by atoms with Gasteiger partial charge in [-0.15, -0.1) is 0 Å². The first-order chi connectivity index (χ1) is 16.8. The zero-order chi connectivity index (χ0) is 22.6. The van der Waals surface area contributed by atoms with Gasteiger partial charge in [-0.05, 0) is 61.4 Å². The lowest BCUT2D eigenvalue weighted by molar-refractivity contribution is 0.0843. The number of imidazole rings is 1. The van der Waals surface area contributed by atoms with E-state index in [9.17, 15) is 4.39 Å². The van der Waals surface area contributed by atoms with E-state index in [0.29, 0.717) is 5.92 Å². The lowest BCUT2D eigenvalue weighted by atomic mass is 9.90. The van der Waals surface area contributed by atoms with Crippen LogP contribution in [0.25, 0.3) is 44.3 Å². The highest BCUT2D eigenvalue weighted by Gasteiger charge is 2.28. The molecule has 168 valence electrons. The zero-order valence-corrected chi connectivity index (χ0v) is 18.4. The van der Waals surface area contributed by atoms with Crippen LogP contribution in [0.2, 0.25) is 0 Å². The summed E-state index contributed by atoms with van der Waals surface area (Å²) in [6.45, 7) is 1.47. The number of benzene rings is 2. The van der Waals surface area contributed by atoms with Crippen molar-refractivity contribution in [3.8, 4) is 16.8 Å². The van der Waals surface area contributed by atoms with Crippen molar-refractivity contribution in [3.05, 3.63) is 84.8 Å². The summed E-state index contributed by atoms with van der Waals surface area (Å²) in [5, 5.41) is 9.57. The molecule has 6 aromatic rings. The predicted molar refractivity (Wildman–Crippen MR) is 130 cm³/mol. The molecule has 0 aliphatic carbocycles. The fraction of sp³-hybridized carbons (Fsp3) is 0.185. The van der Waals surface area contributed by atoms with Crippen LogP contribution in [0, 0.1) is 5.82 Å². The van der Waals surface area contributed by atoms with Crippen molar-refractivity contribution in [1.82, 2.24) is 24.1 Å². The smallest absolute Gasteiger partial charge is 0.136 e.